The molecule has 49 heavy (non-hydrogen) atoms. The van der Waals surface area contributed by atoms with E-state index < -0.39 is 0 Å². The summed E-state index contributed by atoms with van der Waals surface area (Å²) >= 11 is 0. The summed E-state index contributed by atoms with van der Waals surface area (Å²) in [6.07, 6.45) is 3.72. The summed E-state index contributed by atoms with van der Waals surface area (Å²) in [6.45, 7) is 20.2. The monoisotopic (exact) mass is 824 g/mol. The predicted octanol–water partition coefficient (Wildman–Crippen LogP) is 11.7. The number of fused-ring (bicyclic) bond motifs is 4. The number of rotatable bonds is 4. The first kappa shape index (κ1) is 34.6. The number of pyridine rings is 2. The van der Waals surface area contributed by atoms with Gasteiger partial charge in [-0.1, -0.05) is 104 Å². The van der Waals surface area contributed by atoms with Crippen LogP contribution in [0.3, 0.4) is 0 Å². The number of hydrogen-bond donors (Lipinski definition) is 0. The van der Waals surface area contributed by atoms with Crippen molar-refractivity contribution in [3.63, 3.8) is 0 Å². The Morgan fingerprint density at radius 3 is 2.00 bits per heavy atom. The average Bonchev–Trinajstić information content (AvgIpc) is 3.37. The van der Waals surface area contributed by atoms with Crippen molar-refractivity contribution in [1.29, 1.82) is 0 Å². The van der Waals surface area contributed by atoms with Gasteiger partial charge >= 0.3 is 21.1 Å². The minimum atomic E-state index is -0.117. The molecule has 0 radical (unpaired) electrons. The Kier molecular flexibility index (Phi) is 8.86. The van der Waals surface area contributed by atoms with Crippen LogP contribution in [0, 0.1) is 12.1 Å². The molecule has 0 aliphatic carbocycles. The summed E-state index contributed by atoms with van der Waals surface area (Å²) in [5, 5.41) is 4.39. The Bertz CT molecular complexity index is 2330. The summed E-state index contributed by atoms with van der Waals surface area (Å²) < 4.78 is 8.78. The molecule has 0 N–H and O–H groups in total. The summed E-state index contributed by atoms with van der Waals surface area (Å²) in [7, 11) is 0. The van der Waals surface area contributed by atoms with Crippen LogP contribution < -0.4 is 4.74 Å². The molecule has 3 aromatic heterocycles. The molecular formula is C44H43N3OPt. The maximum Gasteiger partial charge on any atom is 2.00 e. The molecule has 3 heterocycles. The largest absolute Gasteiger partial charge is 2.00 e. The van der Waals surface area contributed by atoms with E-state index in [1.54, 1.807) is 6.20 Å². The minimum Gasteiger partial charge on any atom is -0.459 e. The van der Waals surface area contributed by atoms with Gasteiger partial charge in [0.05, 0.1) is 0 Å². The fourth-order valence-electron chi connectivity index (χ4n) is 6.27. The van der Waals surface area contributed by atoms with Crippen molar-refractivity contribution in [2.75, 3.05) is 0 Å². The van der Waals surface area contributed by atoms with Crippen LogP contribution in [0.5, 0.6) is 11.6 Å². The zero-order chi connectivity index (χ0) is 34.0. The smallest absolute Gasteiger partial charge is 0.459 e. The summed E-state index contributed by atoms with van der Waals surface area (Å²) in [5.74, 6) is 2.09. The van der Waals surface area contributed by atoms with Crippen LogP contribution in [0.15, 0.2) is 97.3 Å². The number of aromatic nitrogens is 3. The van der Waals surface area contributed by atoms with Gasteiger partial charge in [-0.15, -0.1) is 17.7 Å². The molecule has 250 valence electrons. The van der Waals surface area contributed by atoms with Crippen molar-refractivity contribution in [2.45, 2.75) is 78.6 Å². The van der Waals surface area contributed by atoms with Crippen LogP contribution in [0.4, 0.5) is 0 Å². The molecule has 4 nitrogen and oxygen atoms in total. The second-order valence-corrected chi connectivity index (χ2v) is 15.9. The summed E-state index contributed by atoms with van der Waals surface area (Å²) in [6, 6.07) is 37.4. The number of nitrogens with zero attached hydrogens (tertiary/aromatic N) is 3. The zero-order valence-electron chi connectivity index (χ0n) is 29.8. The van der Waals surface area contributed by atoms with Gasteiger partial charge in [0, 0.05) is 29.0 Å². The zero-order valence-corrected chi connectivity index (χ0v) is 32.1. The first-order valence-corrected chi connectivity index (χ1v) is 16.7. The number of hydrogen-bond acceptors (Lipinski definition) is 3. The van der Waals surface area contributed by atoms with E-state index in [4.69, 9.17) is 9.72 Å². The van der Waals surface area contributed by atoms with E-state index >= 15 is 0 Å². The molecule has 0 fully saturated rings. The molecule has 0 aliphatic rings. The van der Waals surface area contributed by atoms with Crippen LogP contribution in [-0.4, -0.2) is 14.5 Å². The fourth-order valence-corrected chi connectivity index (χ4v) is 6.27. The van der Waals surface area contributed by atoms with E-state index in [1.807, 2.05) is 30.5 Å². The van der Waals surface area contributed by atoms with E-state index in [-0.39, 0.29) is 37.3 Å². The molecule has 0 aliphatic heterocycles. The molecule has 0 saturated heterocycles. The normalized spacial score (nSPS) is 12.4. The van der Waals surface area contributed by atoms with Crippen molar-refractivity contribution in [1.82, 2.24) is 14.5 Å². The van der Waals surface area contributed by atoms with Gasteiger partial charge in [0.15, 0.2) is 0 Å². The van der Waals surface area contributed by atoms with Gasteiger partial charge < -0.3 is 9.30 Å². The maximum absolute atomic E-state index is 6.51. The van der Waals surface area contributed by atoms with Crippen molar-refractivity contribution < 1.29 is 25.8 Å². The van der Waals surface area contributed by atoms with Gasteiger partial charge in [0.2, 0.25) is 5.88 Å². The number of benzene rings is 4. The Morgan fingerprint density at radius 1 is 0.571 bits per heavy atom. The maximum atomic E-state index is 6.51. The van der Waals surface area contributed by atoms with E-state index in [2.05, 4.69) is 145 Å². The van der Waals surface area contributed by atoms with Crippen molar-refractivity contribution in [3.8, 4) is 28.6 Å². The topological polar surface area (TPSA) is 39.9 Å². The molecule has 5 heteroatoms. The molecular weight excluding hydrogens is 782 g/mol. The Labute approximate surface area is 304 Å². The quantitative estimate of drug-likeness (QED) is 0.166. The van der Waals surface area contributed by atoms with Crippen molar-refractivity contribution in [3.05, 3.63) is 126 Å². The van der Waals surface area contributed by atoms with Crippen LogP contribution in [0.25, 0.3) is 49.5 Å². The standard InChI is InChI=1S/C44H43N3O.Pt/c1-42(2,3)31-15-17-38-37(26-31)36-16-14-29(24-39(36)47(38)40-27-32(19-21-45-40)43(4,5)6)30-22-33(44(7,8)9)25-34(23-30)48-41-35-13-11-10-12-28(35)18-20-46-41;/h10-22,25-27H,1-9H3;/q-2;+2. The Balaban J connectivity index is 0.00000417. The first-order valence-electron chi connectivity index (χ1n) is 16.7. The van der Waals surface area contributed by atoms with Gasteiger partial charge in [-0.2, -0.15) is 18.2 Å². The molecule has 0 amide bonds. The van der Waals surface area contributed by atoms with Gasteiger partial charge in [-0.05, 0) is 74.0 Å². The van der Waals surface area contributed by atoms with Crippen molar-refractivity contribution in [2.24, 2.45) is 0 Å². The van der Waals surface area contributed by atoms with Gasteiger partial charge in [-0.25, -0.2) is 21.1 Å². The SMILES string of the molecule is CC(C)(C)c1cc(Oc2nccc3ccccc23)[c-]c(-c2[c-]c3c(cc2)c2cc(C(C)(C)C)ccc2n3-c2cc(C(C)(C)C)ccn2)c1.[Pt+2]. The Morgan fingerprint density at radius 2 is 1.27 bits per heavy atom. The fraction of sp³-hybridized carbons (Fsp3) is 0.273. The van der Waals surface area contributed by atoms with Gasteiger partial charge in [0.1, 0.15) is 5.82 Å². The van der Waals surface area contributed by atoms with Crippen LogP contribution >= 0.6 is 0 Å². The predicted molar refractivity (Wildman–Crippen MR) is 200 cm³/mol. The molecule has 0 bridgehead atoms. The molecule has 4 aromatic carbocycles. The molecule has 7 aromatic rings. The summed E-state index contributed by atoms with van der Waals surface area (Å²) in [4.78, 5) is 9.50. The third kappa shape index (κ3) is 6.68. The minimum absolute atomic E-state index is 0. The third-order valence-electron chi connectivity index (χ3n) is 9.23. The molecule has 0 unspecified atom stereocenters. The van der Waals surface area contributed by atoms with E-state index in [1.165, 1.54) is 16.5 Å². The van der Waals surface area contributed by atoms with Gasteiger partial charge in [0.25, 0.3) is 0 Å². The second kappa shape index (κ2) is 12.6. The van der Waals surface area contributed by atoms with Crippen molar-refractivity contribution >= 4 is 32.6 Å². The molecule has 7 rings (SSSR count). The second-order valence-electron chi connectivity index (χ2n) is 15.9. The summed E-state index contributed by atoms with van der Waals surface area (Å²) in [5.41, 5.74) is 7.53. The van der Waals surface area contributed by atoms with E-state index in [0.29, 0.717) is 11.6 Å². The van der Waals surface area contributed by atoms with E-state index in [0.717, 1.165) is 49.7 Å². The molecule has 0 atom stereocenters. The van der Waals surface area contributed by atoms with Gasteiger partial charge in [-0.3, -0.25) is 0 Å². The Hall–Kier alpha value is -4.27. The molecule has 0 saturated carbocycles. The third-order valence-corrected chi connectivity index (χ3v) is 9.23. The first-order chi connectivity index (χ1) is 22.7. The van der Waals surface area contributed by atoms with E-state index in [9.17, 15) is 0 Å². The van der Waals surface area contributed by atoms with Crippen LogP contribution in [0.1, 0.15) is 79.0 Å². The van der Waals surface area contributed by atoms with Crippen LogP contribution in [-0.2, 0) is 37.3 Å². The van der Waals surface area contributed by atoms with Crippen LogP contribution in [0.2, 0.25) is 0 Å². The molecule has 0 spiro atoms. The average molecular weight is 825 g/mol. The number of ether oxygens (including phenoxy) is 1.